The Balaban J connectivity index is 2.21. The van der Waals surface area contributed by atoms with Gasteiger partial charge in [-0.2, -0.15) is 0 Å². The summed E-state index contributed by atoms with van der Waals surface area (Å²) in [7, 11) is 0. The standard InChI is InChI=1S/C10H21N3O/c1-8-5-10(6-11)7-13(8)4-3-12-9(2)14/h8,10H,3-7,11H2,1-2H3,(H,12,14). The Kier molecular flexibility index (Phi) is 4.35. The number of rotatable bonds is 4. The smallest absolute Gasteiger partial charge is 0.216 e. The van der Waals surface area contributed by atoms with Gasteiger partial charge in [0.25, 0.3) is 0 Å². The lowest BCUT2D eigenvalue weighted by Gasteiger charge is -2.20. The quantitative estimate of drug-likeness (QED) is 0.659. The summed E-state index contributed by atoms with van der Waals surface area (Å²) in [6, 6.07) is 0.609. The van der Waals surface area contributed by atoms with E-state index in [1.807, 2.05) is 0 Å². The molecular weight excluding hydrogens is 178 g/mol. The third-order valence-corrected chi connectivity index (χ3v) is 2.90. The van der Waals surface area contributed by atoms with E-state index in [0.29, 0.717) is 12.0 Å². The van der Waals surface area contributed by atoms with Crippen molar-refractivity contribution in [3.8, 4) is 0 Å². The molecule has 0 bridgehead atoms. The summed E-state index contributed by atoms with van der Waals surface area (Å²) in [5.74, 6) is 0.689. The van der Waals surface area contributed by atoms with Crippen LogP contribution in [0.3, 0.4) is 0 Å². The Labute approximate surface area is 85.8 Å². The molecule has 1 aliphatic heterocycles. The minimum Gasteiger partial charge on any atom is -0.355 e. The summed E-state index contributed by atoms with van der Waals surface area (Å²) < 4.78 is 0. The number of likely N-dealkylation sites (tertiary alicyclic amines) is 1. The predicted molar refractivity (Wildman–Crippen MR) is 56.9 cm³/mol. The predicted octanol–water partition coefficient (Wildman–Crippen LogP) is -0.208. The van der Waals surface area contributed by atoms with Gasteiger partial charge < -0.3 is 11.1 Å². The number of amides is 1. The van der Waals surface area contributed by atoms with Crippen LogP contribution in [0.15, 0.2) is 0 Å². The number of carbonyl (C=O) groups is 1. The Hall–Kier alpha value is -0.610. The van der Waals surface area contributed by atoms with Crippen LogP contribution in [-0.4, -0.2) is 43.0 Å². The Bertz CT molecular complexity index is 196. The van der Waals surface area contributed by atoms with E-state index in [1.54, 1.807) is 6.92 Å². The van der Waals surface area contributed by atoms with Crippen LogP contribution in [0.4, 0.5) is 0 Å². The first kappa shape index (κ1) is 11.5. The van der Waals surface area contributed by atoms with Gasteiger partial charge >= 0.3 is 0 Å². The molecule has 0 aliphatic carbocycles. The third kappa shape index (κ3) is 3.27. The van der Waals surface area contributed by atoms with E-state index >= 15 is 0 Å². The van der Waals surface area contributed by atoms with E-state index in [9.17, 15) is 4.79 Å². The van der Waals surface area contributed by atoms with Gasteiger partial charge in [0.05, 0.1) is 0 Å². The first-order valence-corrected chi connectivity index (χ1v) is 5.32. The molecule has 4 nitrogen and oxygen atoms in total. The van der Waals surface area contributed by atoms with Crippen molar-refractivity contribution in [3.05, 3.63) is 0 Å². The number of carbonyl (C=O) groups excluding carboxylic acids is 1. The van der Waals surface area contributed by atoms with Crippen molar-refractivity contribution in [2.24, 2.45) is 11.7 Å². The van der Waals surface area contributed by atoms with Gasteiger partial charge in [-0.05, 0) is 25.8 Å². The zero-order valence-electron chi connectivity index (χ0n) is 9.12. The van der Waals surface area contributed by atoms with Crippen LogP contribution in [0, 0.1) is 5.92 Å². The van der Waals surface area contributed by atoms with E-state index in [4.69, 9.17) is 5.73 Å². The molecule has 2 atom stereocenters. The fourth-order valence-corrected chi connectivity index (χ4v) is 2.08. The fraction of sp³-hybridized carbons (Fsp3) is 0.900. The van der Waals surface area contributed by atoms with Crippen LogP contribution in [0.5, 0.6) is 0 Å². The van der Waals surface area contributed by atoms with Crippen molar-refractivity contribution in [2.45, 2.75) is 26.3 Å². The van der Waals surface area contributed by atoms with Crippen LogP contribution in [0.2, 0.25) is 0 Å². The largest absolute Gasteiger partial charge is 0.355 e. The molecule has 0 aromatic heterocycles. The molecular formula is C10H21N3O. The van der Waals surface area contributed by atoms with Crippen LogP contribution >= 0.6 is 0 Å². The summed E-state index contributed by atoms with van der Waals surface area (Å²) in [5, 5.41) is 2.81. The molecule has 0 saturated carbocycles. The molecule has 1 heterocycles. The highest BCUT2D eigenvalue weighted by atomic mass is 16.1. The highest BCUT2D eigenvalue weighted by molar-refractivity contribution is 5.72. The zero-order chi connectivity index (χ0) is 10.6. The Morgan fingerprint density at radius 3 is 2.86 bits per heavy atom. The first-order chi connectivity index (χ1) is 6.63. The summed E-state index contributed by atoms with van der Waals surface area (Å²) in [6.45, 7) is 7.33. The maximum atomic E-state index is 10.7. The molecule has 1 amide bonds. The SMILES string of the molecule is CC(=O)NCCN1CC(CN)CC1C. The maximum absolute atomic E-state index is 10.7. The van der Waals surface area contributed by atoms with Gasteiger partial charge in [-0.3, -0.25) is 9.69 Å². The highest BCUT2D eigenvalue weighted by Gasteiger charge is 2.27. The van der Waals surface area contributed by atoms with Crippen LogP contribution < -0.4 is 11.1 Å². The number of hydrogen-bond donors (Lipinski definition) is 2. The number of nitrogens with one attached hydrogen (secondary N) is 1. The normalized spacial score (nSPS) is 27.9. The number of nitrogens with zero attached hydrogens (tertiary/aromatic N) is 1. The lowest BCUT2D eigenvalue weighted by atomic mass is 10.1. The Morgan fingerprint density at radius 1 is 1.64 bits per heavy atom. The molecule has 1 saturated heterocycles. The molecule has 0 aromatic rings. The Morgan fingerprint density at radius 2 is 2.36 bits per heavy atom. The second-order valence-electron chi connectivity index (χ2n) is 4.16. The van der Waals surface area contributed by atoms with Crippen molar-refractivity contribution in [2.75, 3.05) is 26.2 Å². The van der Waals surface area contributed by atoms with Gasteiger partial charge in [0.15, 0.2) is 0 Å². The molecule has 82 valence electrons. The van der Waals surface area contributed by atoms with Crippen LogP contribution in [-0.2, 0) is 4.79 Å². The van der Waals surface area contributed by atoms with E-state index in [-0.39, 0.29) is 5.91 Å². The van der Waals surface area contributed by atoms with Crippen molar-refractivity contribution in [1.29, 1.82) is 0 Å². The molecule has 0 aromatic carbocycles. The van der Waals surface area contributed by atoms with E-state index < -0.39 is 0 Å². The lowest BCUT2D eigenvalue weighted by molar-refractivity contribution is -0.119. The maximum Gasteiger partial charge on any atom is 0.216 e. The minimum absolute atomic E-state index is 0.0484. The third-order valence-electron chi connectivity index (χ3n) is 2.90. The van der Waals surface area contributed by atoms with Crippen molar-refractivity contribution >= 4 is 5.91 Å². The molecule has 1 rings (SSSR count). The fourth-order valence-electron chi connectivity index (χ4n) is 2.08. The molecule has 0 spiro atoms. The van der Waals surface area contributed by atoms with Gasteiger partial charge in [0, 0.05) is 32.6 Å². The van der Waals surface area contributed by atoms with E-state index in [2.05, 4.69) is 17.1 Å². The van der Waals surface area contributed by atoms with Gasteiger partial charge in [-0.15, -0.1) is 0 Å². The van der Waals surface area contributed by atoms with Crippen molar-refractivity contribution in [3.63, 3.8) is 0 Å². The number of nitrogens with two attached hydrogens (primary N) is 1. The lowest BCUT2D eigenvalue weighted by Crippen LogP contribution is -2.36. The summed E-state index contributed by atoms with van der Waals surface area (Å²) in [6.07, 6.45) is 1.19. The minimum atomic E-state index is 0.0484. The van der Waals surface area contributed by atoms with Crippen LogP contribution in [0.25, 0.3) is 0 Å². The molecule has 14 heavy (non-hydrogen) atoms. The van der Waals surface area contributed by atoms with Crippen molar-refractivity contribution < 1.29 is 4.79 Å². The molecule has 1 aliphatic rings. The second kappa shape index (κ2) is 5.32. The van der Waals surface area contributed by atoms with Gasteiger partial charge in [-0.1, -0.05) is 0 Å². The summed E-state index contributed by atoms with van der Waals surface area (Å²) in [4.78, 5) is 13.1. The number of hydrogen-bond acceptors (Lipinski definition) is 3. The highest BCUT2D eigenvalue weighted by Crippen LogP contribution is 2.20. The van der Waals surface area contributed by atoms with Gasteiger partial charge in [-0.25, -0.2) is 0 Å². The van der Waals surface area contributed by atoms with E-state index in [1.165, 1.54) is 6.42 Å². The first-order valence-electron chi connectivity index (χ1n) is 5.32. The monoisotopic (exact) mass is 199 g/mol. The second-order valence-corrected chi connectivity index (χ2v) is 4.16. The molecule has 2 unspecified atom stereocenters. The van der Waals surface area contributed by atoms with Crippen molar-refractivity contribution in [1.82, 2.24) is 10.2 Å². The average Bonchev–Trinajstić information content (AvgIpc) is 2.47. The topological polar surface area (TPSA) is 58.4 Å². The zero-order valence-corrected chi connectivity index (χ0v) is 9.12. The average molecular weight is 199 g/mol. The van der Waals surface area contributed by atoms with Gasteiger partial charge in [0.1, 0.15) is 0 Å². The molecule has 0 radical (unpaired) electrons. The van der Waals surface area contributed by atoms with E-state index in [0.717, 1.165) is 26.2 Å². The summed E-state index contributed by atoms with van der Waals surface area (Å²) >= 11 is 0. The molecule has 1 fully saturated rings. The molecule has 3 N–H and O–H groups in total. The van der Waals surface area contributed by atoms with Gasteiger partial charge in [0.2, 0.25) is 5.91 Å². The van der Waals surface area contributed by atoms with Crippen LogP contribution in [0.1, 0.15) is 20.3 Å². The molecule has 4 heteroatoms. The summed E-state index contributed by atoms with van der Waals surface area (Å²) in [5.41, 5.74) is 5.64.